The lowest BCUT2D eigenvalue weighted by molar-refractivity contribution is -0.0433. The molecule has 0 aromatic carbocycles. The number of rotatable bonds is 6. The molecule has 0 amide bonds. The average molecular weight is 362 g/mol. The molecule has 0 saturated carbocycles. The molecule has 1 fully saturated rings. The molecule has 136 valence electrons. The monoisotopic (exact) mass is 362 g/mol. The van der Waals surface area contributed by atoms with Crippen LogP contribution in [0, 0.1) is 12.8 Å². The number of nitrogens with one attached hydrogen (secondary N) is 1. The van der Waals surface area contributed by atoms with Crippen molar-refractivity contribution in [1.29, 1.82) is 0 Å². The molecule has 0 aliphatic carbocycles. The Bertz CT molecular complexity index is 735. The number of aryl methyl sites for hydroxylation is 1. The average Bonchev–Trinajstić information content (AvgIpc) is 2.92. The maximum atomic E-state index is 12.2. The third-order valence-corrected chi connectivity index (χ3v) is 6.36. The summed E-state index contributed by atoms with van der Waals surface area (Å²) >= 11 is 0. The highest BCUT2D eigenvalue weighted by atomic mass is 31.2. The first-order valence-electron chi connectivity index (χ1n) is 7.57. The molecule has 2 N–H and O–H groups in total. The van der Waals surface area contributed by atoms with Gasteiger partial charge in [-0.25, -0.2) is 4.79 Å². The van der Waals surface area contributed by atoms with Crippen LogP contribution in [0.1, 0.15) is 25.1 Å². The number of hydrogen-bond acceptors (Lipinski definition) is 7. The molecule has 9 nitrogen and oxygen atoms in total. The fourth-order valence-electron chi connectivity index (χ4n) is 2.84. The Labute approximate surface area is 139 Å². The second-order valence-electron chi connectivity index (χ2n) is 5.97. The van der Waals surface area contributed by atoms with Crippen molar-refractivity contribution in [2.45, 2.75) is 38.7 Å². The Hall–Kier alpha value is -1.25. The van der Waals surface area contributed by atoms with Gasteiger partial charge in [0, 0.05) is 32.4 Å². The molecule has 24 heavy (non-hydrogen) atoms. The van der Waals surface area contributed by atoms with Gasteiger partial charge in [0.1, 0.15) is 6.23 Å². The van der Waals surface area contributed by atoms with Crippen molar-refractivity contribution in [1.82, 2.24) is 9.55 Å². The van der Waals surface area contributed by atoms with Gasteiger partial charge in [0.15, 0.2) is 0 Å². The summed E-state index contributed by atoms with van der Waals surface area (Å²) in [5.41, 5.74) is -0.691. The first-order valence-corrected chi connectivity index (χ1v) is 9.29. The second kappa shape index (κ2) is 7.33. The minimum atomic E-state index is -3.24. The van der Waals surface area contributed by atoms with E-state index < -0.39 is 37.3 Å². The largest absolute Gasteiger partial charge is 0.390 e. The predicted molar refractivity (Wildman–Crippen MR) is 86.2 cm³/mol. The highest BCUT2D eigenvalue weighted by Gasteiger charge is 2.41. The zero-order chi connectivity index (χ0) is 18.1. The summed E-state index contributed by atoms with van der Waals surface area (Å²) in [5.74, 6) is -0.324. The highest BCUT2D eigenvalue weighted by molar-refractivity contribution is 7.53. The SMILES string of the molecule is COP(=O)(C[C@H](C)[C@H]1OC(n2cc(C)c(=O)[nH]c2=O)CC1O)OC. The van der Waals surface area contributed by atoms with Gasteiger partial charge in [0.05, 0.1) is 18.4 Å². The molecule has 0 spiro atoms. The van der Waals surface area contributed by atoms with Crippen molar-refractivity contribution in [2.24, 2.45) is 5.92 Å². The van der Waals surface area contributed by atoms with Crippen LogP contribution in [0.4, 0.5) is 0 Å². The smallest absolute Gasteiger partial charge is 0.330 e. The van der Waals surface area contributed by atoms with Gasteiger partial charge in [0.2, 0.25) is 0 Å². The van der Waals surface area contributed by atoms with E-state index in [1.165, 1.54) is 25.0 Å². The van der Waals surface area contributed by atoms with E-state index in [1.807, 2.05) is 0 Å². The van der Waals surface area contributed by atoms with Gasteiger partial charge in [-0.3, -0.25) is 18.9 Å². The van der Waals surface area contributed by atoms with Gasteiger partial charge < -0.3 is 18.9 Å². The van der Waals surface area contributed by atoms with E-state index in [-0.39, 0.29) is 18.5 Å². The van der Waals surface area contributed by atoms with E-state index in [1.54, 1.807) is 13.8 Å². The van der Waals surface area contributed by atoms with Gasteiger partial charge in [0.25, 0.3) is 5.56 Å². The minimum absolute atomic E-state index is 0.0774. The molecule has 10 heteroatoms. The maximum Gasteiger partial charge on any atom is 0.330 e. The number of aromatic amines is 1. The number of nitrogens with zero attached hydrogens (tertiary/aromatic N) is 1. The molecule has 1 saturated heterocycles. The second-order valence-corrected chi connectivity index (χ2v) is 8.29. The number of aliphatic hydroxyl groups is 1. The molecule has 1 aromatic rings. The van der Waals surface area contributed by atoms with Crippen LogP contribution in [0.5, 0.6) is 0 Å². The minimum Gasteiger partial charge on any atom is -0.390 e. The fraction of sp³-hybridized carbons (Fsp3) is 0.714. The molecule has 1 aromatic heterocycles. The Morgan fingerprint density at radius 1 is 1.46 bits per heavy atom. The molecule has 1 aliphatic heterocycles. The summed E-state index contributed by atoms with van der Waals surface area (Å²) in [4.78, 5) is 25.6. The number of aliphatic hydroxyl groups excluding tert-OH is 1. The first kappa shape index (κ1) is 19.1. The standard InChI is InChI=1S/C14H23N2O7P/c1-8-6-16(14(19)15-13(8)18)11-5-10(17)12(23-11)9(2)7-24(20,21-3)22-4/h6,9-12,17H,5,7H2,1-4H3,(H,15,18,19)/t9-,10?,11?,12+/m0/s1. The quantitative estimate of drug-likeness (QED) is 0.712. The predicted octanol–water partition coefficient (Wildman–Crippen LogP) is 0.615. The molecule has 0 radical (unpaired) electrons. The van der Waals surface area contributed by atoms with Crippen molar-refractivity contribution in [3.8, 4) is 0 Å². The molecular formula is C14H23N2O7P. The van der Waals surface area contributed by atoms with Crippen LogP contribution in [0.15, 0.2) is 15.8 Å². The summed E-state index contributed by atoms with van der Waals surface area (Å²) in [6, 6.07) is 0. The number of aromatic nitrogens is 2. The van der Waals surface area contributed by atoms with Crippen LogP contribution in [0.25, 0.3) is 0 Å². The van der Waals surface area contributed by atoms with Crippen LogP contribution >= 0.6 is 7.60 Å². The van der Waals surface area contributed by atoms with Crippen molar-refractivity contribution >= 4 is 7.60 Å². The van der Waals surface area contributed by atoms with E-state index in [4.69, 9.17) is 13.8 Å². The summed E-state index contributed by atoms with van der Waals surface area (Å²) in [6.07, 6.45) is -0.515. The van der Waals surface area contributed by atoms with Gasteiger partial charge in [-0.2, -0.15) is 0 Å². The highest BCUT2D eigenvalue weighted by Crippen LogP contribution is 2.49. The third-order valence-electron chi connectivity index (χ3n) is 4.22. The van der Waals surface area contributed by atoms with Crippen LogP contribution in [-0.2, 0) is 18.3 Å². The normalized spacial score (nSPS) is 25.8. The van der Waals surface area contributed by atoms with E-state index in [9.17, 15) is 19.3 Å². The van der Waals surface area contributed by atoms with Crippen LogP contribution in [0.3, 0.4) is 0 Å². The summed E-state index contributed by atoms with van der Waals surface area (Å²) in [6.45, 7) is 3.34. The van der Waals surface area contributed by atoms with Gasteiger partial charge in [-0.15, -0.1) is 0 Å². The van der Waals surface area contributed by atoms with Crippen LogP contribution in [-0.4, -0.2) is 47.2 Å². The number of hydrogen-bond donors (Lipinski definition) is 2. The lowest BCUT2D eigenvalue weighted by Crippen LogP contribution is -2.34. The molecular weight excluding hydrogens is 339 g/mol. The van der Waals surface area contributed by atoms with Crippen molar-refractivity contribution < 1.29 is 23.5 Å². The van der Waals surface area contributed by atoms with Crippen molar-refractivity contribution in [2.75, 3.05) is 20.4 Å². The zero-order valence-electron chi connectivity index (χ0n) is 14.1. The number of H-pyrrole nitrogens is 1. The zero-order valence-corrected chi connectivity index (χ0v) is 15.0. The fourth-order valence-corrected chi connectivity index (χ4v) is 4.20. The van der Waals surface area contributed by atoms with Crippen molar-refractivity contribution in [3.05, 3.63) is 32.6 Å². The van der Waals surface area contributed by atoms with Gasteiger partial charge >= 0.3 is 13.3 Å². The van der Waals surface area contributed by atoms with Crippen molar-refractivity contribution in [3.63, 3.8) is 0 Å². The first-order chi connectivity index (χ1) is 11.2. The summed E-state index contributed by atoms with van der Waals surface area (Å²) in [5, 5.41) is 10.3. The molecule has 1 aliphatic rings. The van der Waals surface area contributed by atoms with Crippen LogP contribution in [0.2, 0.25) is 0 Å². The summed E-state index contributed by atoms with van der Waals surface area (Å²) in [7, 11) is -0.639. The topological polar surface area (TPSA) is 120 Å². The maximum absolute atomic E-state index is 12.2. The van der Waals surface area contributed by atoms with Gasteiger partial charge in [-0.1, -0.05) is 6.92 Å². The third kappa shape index (κ3) is 3.87. The molecule has 2 unspecified atom stereocenters. The van der Waals surface area contributed by atoms with Gasteiger partial charge in [-0.05, 0) is 12.8 Å². The Kier molecular flexibility index (Phi) is 5.83. The number of ether oxygens (including phenoxy) is 1. The van der Waals surface area contributed by atoms with E-state index in [2.05, 4.69) is 4.98 Å². The lowest BCUT2D eigenvalue weighted by Gasteiger charge is -2.25. The molecule has 4 atom stereocenters. The van der Waals surface area contributed by atoms with E-state index >= 15 is 0 Å². The van der Waals surface area contributed by atoms with Crippen LogP contribution < -0.4 is 11.2 Å². The molecule has 2 heterocycles. The Balaban J connectivity index is 2.18. The summed E-state index contributed by atoms with van der Waals surface area (Å²) < 4.78 is 29.1. The lowest BCUT2D eigenvalue weighted by atomic mass is 10.0. The Morgan fingerprint density at radius 3 is 2.67 bits per heavy atom. The molecule has 2 rings (SSSR count). The van der Waals surface area contributed by atoms with E-state index in [0.717, 1.165) is 0 Å². The molecule has 0 bridgehead atoms. The van der Waals surface area contributed by atoms with E-state index in [0.29, 0.717) is 5.56 Å². The Morgan fingerprint density at radius 2 is 2.08 bits per heavy atom.